The lowest BCUT2D eigenvalue weighted by Gasteiger charge is -2.04. The van der Waals surface area contributed by atoms with Crippen molar-refractivity contribution in [2.75, 3.05) is 6.26 Å². The van der Waals surface area contributed by atoms with Gasteiger partial charge in [0.15, 0.2) is 0 Å². The van der Waals surface area contributed by atoms with E-state index in [4.69, 9.17) is 4.18 Å². The third-order valence-electron chi connectivity index (χ3n) is 2.53. The molecule has 0 amide bonds. The molecular weight excluding hydrogens is 236 g/mol. The zero-order valence-electron chi connectivity index (χ0n) is 10.5. The van der Waals surface area contributed by atoms with Gasteiger partial charge in [-0.2, -0.15) is 8.42 Å². The van der Waals surface area contributed by atoms with Crippen molar-refractivity contribution in [3.63, 3.8) is 0 Å². The first-order chi connectivity index (χ1) is 8.01. The first-order valence-electron chi connectivity index (χ1n) is 5.93. The monoisotopic (exact) mass is 256 g/mol. The highest BCUT2D eigenvalue weighted by molar-refractivity contribution is 7.85. The maximum Gasteiger partial charge on any atom is 0.264 e. The molecule has 0 N–H and O–H groups in total. The summed E-state index contributed by atoms with van der Waals surface area (Å²) in [5.41, 5.74) is 2.18. The quantitative estimate of drug-likeness (QED) is 0.556. The summed E-state index contributed by atoms with van der Waals surface area (Å²) >= 11 is 0. The van der Waals surface area contributed by atoms with Crippen LogP contribution in [0.4, 0.5) is 0 Å². The van der Waals surface area contributed by atoms with Crippen LogP contribution in [0.1, 0.15) is 37.3 Å². The molecule has 0 spiro atoms. The molecule has 3 nitrogen and oxygen atoms in total. The van der Waals surface area contributed by atoms with Crippen molar-refractivity contribution in [2.45, 2.75) is 39.2 Å². The fourth-order valence-corrected chi connectivity index (χ4v) is 1.91. The summed E-state index contributed by atoms with van der Waals surface area (Å²) in [7, 11) is -3.35. The van der Waals surface area contributed by atoms with E-state index in [0.29, 0.717) is 0 Å². The van der Waals surface area contributed by atoms with E-state index in [1.165, 1.54) is 24.8 Å². The molecule has 0 fully saturated rings. The lowest BCUT2D eigenvalue weighted by molar-refractivity contribution is 0.311. The summed E-state index contributed by atoms with van der Waals surface area (Å²) < 4.78 is 26.4. The molecule has 0 aromatic heterocycles. The summed E-state index contributed by atoms with van der Waals surface area (Å²) in [6.07, 6.45) is 5.82. The summed E-state index contributed by atoms with van der Waals surface area (Å²) in [4.78, 5) is 0. The SMILES string of the molecule is CCCCCc1ccc(COS(C)(=O)=O)cc1. The molecule has 0 heterocycles. The Morgan fingerprint density at radius 1 is 1.06 bits per heavy atom. The van der Waals surface area contributed by atoms with Gasteiger partial charge in [0.25, 0.3) is 10.1 Å². The zero-order chi connectivity index (χ0) is 12.7. The number of aryl methyl sites for hydroxylation is 1. The van der Waals surface area contributed by atoms with E-state index < -0.39 is 10.1 Å². The van der Waals surface area contributed by atoms with Gasteiger partial charge in [-0.3, -0.25) is 4.18 Å². The number of benzene rings is 1. The first kappa shape index (κ1) is 14.2. The Bertz CT molecular complexity index is 420. The van der Waals surface area contributed by atoms with Crippen molar-refractivity contribution in [3.8, 4) is 0 Å². The lowest BCUT2D eigenvalue weighted by Crippen LogP contribution is -2.02. The second-order valence-corrected chi connectivity index (χ2v) is 5.88. The van der Waals surface area contributed by atoms with Crippen molar-refractivity contribution >= 4 is 10.1 Å². The van der Waals surface area contributed by atoms with Crippen molar-refractivity contribution in [3.05, 3.63) is 35.4 Å². The molecule has 0 radical (unpaired) electrons. The Balaban J connectivity index is 2.44. The van der Waals surface area contributed by atoms with Crippen LogP contribution in [0.15, 0.2) is 24.3 Å². The van der Waals surface area contributed by atoms with E-state index >= 15 is 0 Å². The van der Waals surface area contributed by atoms with Gasteiger partial charge in [-0.1, -0.05) is 44.0 Å². The molecule has 17 heavy (non-hydrogen) atoms. The summed E-state index contributed by atoms with van der Waals surface area (Å²) in [6.45, 7) is 2.31. The Morgan fingerprint density at radius 2 is 1.65 bits per heavy atom. The van der Waals surface area contributed by atoms with Crippen molar-refractivity contribution in [2.24, 2.45) is 0 Å². The van der Waals surface area contributed by atoms with Crippen molar-refractivity contribution in [1.29, 1.82) is 0 Å². The van der Waals surface area contributed by atoms with E-state index in [0.717, 1.165) is 18.2 Å². The molecule has 0 atom stereocenters. The van der Waals surface area contributed by atoms with Crippen LogP contribution in [0.3, 0.4) is 0 Å². The van der Waals surface area contributed by atoms with Gasteiger partial charge in [-0.05, 0) is 24.0 Å². The van der Waals surface area contributed by atoms with Crippen LogP contribution >= 0.6 is 0 Å². The lowest BCUT2D eigenvalue weighted by atomic mass is 10.1. The third kappa shape index (κ3) is 6.44. The Morgan fingerprint density at radius 3 is 2.18 bits per heavy atom. The standard InChI is InChI=1S/C13H20O3S/c1-3-4-5-6-12-7-9-13(10-8-12)11-16-17(2,14)15/h7-10H,3-6,11H2,1-2H3. The molecule has 0 saturated carbocycles. The Labute approximate surface area is 104 Å². The predicted molar refractivity (Wildman–Crippen MR) is 69.3 cm³/mol. The van der Waals surface area contributed by atoms with Crippen LogP contribution in [-0.4, -0.2) is 14.7 Å². The summed E-state index contributed by atoms with van der Waals surface area (Å²) in [5, 5.41) is 0. The Hall–Kier alpha value is -0.870. The van der Waals surface area contributed by atoms with Crippen LogP contribution in [0.25, 0.3) is 0 Å². The average Bonchev–Trinajstić information content (AvgIpc) is 2.27. The molecule has 4 heteroatoms. The first-order valence-corrected chi connectivity index (χ1v) is 7.75. The molecule has 0 aliphatic carbocycles. The minimum Gasteiger partial charge on any atom is -0.265 e. The summed E-state index contributed by atoms with van der Waals surface area (Å²) in [6, 6.07) is 7.92. The van der Waals surface area contributed by atoms with Gasteiger partial charge in [0.1, 0.15) is 0 Å². The number of hydrogen-bond donors (Lipinski definition) is 0. The number of hydrogen-bond acceptors (Lipinski definition) is 3. The van der Waals surface area contributed by atoms with E-state index in [1.807, 2.05) is 24.3 Å². The minimum absolute atomic E-state index is 0.119. The molecule has 0 unspecified atom stereocenters. The van der Waals surface area contributed by atoms with Gasteiger partial charge < -0.3 is 0 Å². The Kier molecular flexibility index (Phi) is 5.65. The van der Waals surface area contributed by atoms with Crippen LogP contribution in [0, 0.1) is 0 Å². The van der Waals surface area contributed by atoms with E-state index in [2.05, 4.69) is 6.92 Å². The van der Waals surface area contributed by atoms with Gasteiger partial charge in [-0.15, -0.1) is 0 Å². The number of unbranched alkanes of at least 4 members (excludes halogenated alkanes) is 2. The molecule has 96 valence electrons. The van der Waals surface area contributed by atoms with Crippen molar-refractivity contribution < 1.29 is 12.6 Å². The largest absolute Gasteiger partial charge is 0.265 e. The second kappa shape index (κ2) is 6.77. The topological polar surface area (TPSA) is 43.4 Å². The molecule has 0 aliphatic heterocycles. The fraction of sp³-hybridized carbons (Fsp3) is 0.538. The van der Waals surface area contributed by atoms with Gasteiger partial charge in [0, 0.05) is 0 Å². The second-order valence-electron chi connectivity index (χ2n) is 4.24. The molecule has 0 bridgehead atoms. The van der Waals surface area contributed by atoms with Gasteiger partial charge in [0.2, 0.25) is 0 Å². The maximum absolute atomic E-state index is 10.8. The number of rotatable bonds is 7. The van der Waals surface area contributed by atoms with Crippen LogP contribution in [0.5, 0.6) is 0 Å². The molecule has 1 aromatic carbocycles. The predicted octanol–water partition coefficient (Wildman–Crippen LogP) is 2.90. The molecule has 0 saturated heterocycles. The molecule has 0 aliphatic rings. The van der Waals surface area contributed by atoms with Crippen LogP contribution in [-0.2, 0) is 27.3 Å². The molecule has 1 rings (SSSR count). The highest BCUT2D eigenvalue weighted by atomic mass is 32.2. The van der Waals surface area contributed by atoms with Crippen LogP contribution < -0.4 is 0 Å². The average molecular weight is 256 g/mol. The van der Waals surface area contributed by atoms with E-state index in [9.17, 15) is 8.42 Å². The summed E-state index contributed by atoms with van der Waals surface area (Å²) in [5.74, 6) is 0. The highest BCUT2D eigenvalue weighted by Crippen LogP contribution is 2.10. The molecule has 1 aromatic rings. The van der Waals surface area contributed by atoms with Crippen molar-refractivity contribution in [1.82, 2.24) is 0 Å². The van der Waals surface area contributed by atoms with Gasteiger partial charge in [0.05, 0.1) is 12.9 Å². The fourth-order valence-electron chi connectivity index (χ4n) is 1.56. The van der Waals surface area contributed by atoms with Crippen LogP contribution in [0.2, 0.25) is 0 Å². The third-order valence-corrected chi connectivity index (χ3v) is 3.08. The molecular formula is C13H20O3S. The normalized spacial score (nSPS) is 11.6. The zero-order valence-corrected chi connectivity index (χ0v) is 11.3. The van der Waals surface area contributed by atoms with E-state index in [1.54, 1.807) is 0 Å². The smallest absolute Gasteiger partial charge is 0.264 e. The van der Waals surface area contributed by atoms with E-state index in [-0.39, 0.29) is 6.61 Å². The minimum atomic E-state index is -3.35. The maximum atomic E-state index is 10.8. The van der Waals surface area contributed by atoms with Gasteiger partial charge in [-0.25, -0.2) is 0 Å². The van der Waals surface area contributed by atoms with Gasteiger partial charge >= 0.3 is 0 Å². The highest BCUT2D eigenvalue weighted by Gasteiger charge is 2.02.